The zero-order valence-corrected chi connectivity index (χ0v) is 23.9. The van der Waals surface area contributed by atoms with E-state index < -0.39 is 24.0 Å². The fourth-order valence-corrected chi connectivity index (χ4v) is 6.02. The van der Waals surface area contributed by atoms with Gasteiger partial charge in [-0.15, -0.1) is 0 Å². The van der Waals surface area contributed by atoms with Gasteiger partial charge in [-0.25, -0.2) is 4.39 Å². The smallest absolute Gasteiger partial charge is 0.308 e. The number of ether oxygens (including phenoxy) is 1. The van der Waals surface area contributed by atoms with Crippen LogP contribution in [0.5, 0.6) is 0 Å². The number of esters is 1. The number of likely N-dealkylation sites (tertiary alicyclic amines) is 1. The quantitative estimate of drug-likeness (QED) is 0.390. The molecule has 1 saturated carbocycles. The lowest BCUT2D eigenvalue weighted by molar-refractivity contribution is -0.146. The summed E-state index contributed by atoms with van der Waals surface area (Å²) in [6, 6.07) is 13.0. The van der Waals surface area contributed by atoms with Gasteiger partial charge < -0.3 is 20.3 Å². The topological polar surface area (TPSA) is 118 Å². The number of carbonyl (C=O) groups excluding carboxylic acids is 4. The van der Waals surface area contributed by atoms with Crippen LogP contribution in [0.1, 0.15) is 48.2 Å². The summed E-state index contributed by atoms with van der Waals surface area (Å²) in [5.74, 6) is -1.62. The van der Waals surface area contributed by atoms with Crippen molar-refractivity contribution in [2.45, 2.75) is 56.8 Å². The Morgan fingerprint density at radius 3 is 2.57 bits per heavy atom. The lowest BCUT2D eigenvalue weighted by Crippen LogP contribution is -2.50. The van der Waals surface area contributed by atoms with E-state index in [0.29, 0.717) is 42.3 Å². The van der Waals surface area contributed by atoms with E-state index in [1.807, 2.05) is 30.3 Å². The maximum Gasteiger partial charge on any atom is 0.308 e. The van der Waals surface area contributed by atoms with Crippen LogP contribution in [-0.2, 0) is 25.5 Å². The molecule has 2 atom stereocenters. The number of anilines is 1. The van der Waals surface area contributed by atoms with Gasteiger partial charge in [-0.2, -0.15) is 0 Å². The molecule has 11 heteroatoms. The summed E-state index contributed by atoms with van der Waals surface area (Å²) >= 11 is 6.46. The number of methoxy groups -OCH3 is 1. The number of hydrogen-bond donors (Lipinski definition) is 2. The molecule has 9 nitrogen and oxygen atoms in total. The molecule has 42 heavy (non-hydrogen) atoms. The Morgan fingerprint density at radius 2 is 1.83 bits per heavy atom. The first-order valence-corrected chi connectivity index (χ1v) is 14.4. The van der Waals surface area contributed by atoms with Crippen molar-refractivity contribution in [2.75, 3.05) is 19.0 Å². The van der Waals surface area contributed by atoms with E-state index in [-0.39, 0.29) is 53.9 Å². The minimum atomic E-state index is -1.30. The second kappa shape index (κ2) is 12.9. The first kappa shape index (κ1) is 29.4. The van der Waals surface area contributed by atoms with Crippen LogP contribution in [0.25, 0.3) is 10.8 Å². The summed E-state index contributed by atoms with van der Waals surface area (Å²) in [6.45, 7) is -0.161. The number of pyridine rings is 1. The van der Waals surface area contributed by atoms with Crippen molar-refractivity contribution in [1.29, 1.82) is 0 Å². The highest BCUT2D eigenvalue weighted by atomic mass is 35.5. The maximum absolute atomic E-state index is 14.4. The SMILES string of the molecule is COC(=O)[C@H]1CC[C@H](NC(=O)[C@@H]2C[C@H](F)CN2C(=O)Cc2ccc(NC(=O)c3nccc4ccccc34)c(Cl)c2)CC1. The van der Waals surface area contributed by atoms with Crippen molar-refractivity contribution in [3.63, 3.8) is 0 Å². The summed E-state index contributed by atoms with van der Waals surface area (Å²) in [4.78, 5) is 56.5. The molecule has 1 aliphatic carbocycles. The van der Waals surface area contributed by atoms with Crippen LogP contribution in [0.15, 0.2) is 54.7 Å². The number of rotatable bonds is 7. The molecule has 1 saturated heterocycles. The number of hydrogen-bond acceptors (Lipinski definition) is 6. The van der Waals surface area contributed by atoms with E-state index >= 15 is 0 Å². The Labute approximate surface area is 247 Å². The Hall–Kier alpha value is -4.05. The molecular formula is C31H32ClFN4O5. The minimum Gasteiger partial charge on any atom is -0.469 e. The predicted molar refractivity (Wildman–Crippen MR) is 156 cm³/mol. The van der Waals surface area contributed by atoms with Crippen molar-refractivity contribution in [3.05, 3.63) is 71.0 Å². The molecule has 0 spiro atoms. The van der Waals surface area contributed by atoms with E-state index in [1.165, 1.54) is 12.0 Å². The zero-order valence-electron chi connectivity index (χ0n) is 23.1. The fraction of sp³-hybridized carbons (Fsp3) is 0.387. The molecule has 0 radical (unpaired) electrons. The van der Waals surface area contributed by atoms with Gasteiger partial charge in [0, 0.05) is 24.0 Å². The van der Waals surface area contributed by atoms with Crippen LogP contribution in [0.3, 0.4) is 0 Å². The van der Waals surface area contributed by atoms with Crippen molar-refractivity contribution in [1.82, 2.24) is 15.2 Å². The van der Waals surface area contributed by atoms with E-state index in [9.17, 15) is 23.6 Å². The second-order valence-corrected chi connectivity index (χ2v) is 11.2. The first-order valence-electron chi connectivity index (χ1n) is 14.0. The summed E-state index contributed by atoms with van der Waals surface area (Å²) in [6.07, 6.45) is 2.55. The molecule has 2 N–H and O–H groups in total. The predicted octanol–water partition coefficient (Wildman–Crippen LogP) is 4.47. The molecule has 2 heterocycles. The number of halogens is 2. The summed E-state index contributed by atoms with van der Waals surface area (Å²) in [7, 11) is 1.36. The first-order chi connectivity index (χ1) is 20.2. The van der Waals surface area contributed by atoms with Gasteiger partial charge in [0.05, 0.1) is 36.7 Å². The lowest BCUT2D eigenvalue weighted by Gasteiger charge is -2.30. The van der Waals surface area contributed by atoms with Crippen LogP contribution in [0, 0.1) is 5.92 Å². The van der Waals surface area contributed by atoms with E-state index in [4.69, 9.17) is 16.3 Å². The monoisotopic (exact) mass is 594 g/mol. The number of carbonyl (C=O) groups is 4. The highest BCUT2D eigenvalue weighted by Crippen LogP contribution is 2.28. The van der Waals surface area contributed by atoms with E-state index in [2.05, 4.69) is 15.6 Å². The number of nitrogens with zero attached hydrogens (tertiary/aromatic N) is 2. The molecule has 0 unspecified atom stereocenters. The van der Waals surface area contributed by atoms with Crippen LogP contribution in [0.2, 0.25) is 5.02 Å². The van der Waals surface area contributed by atoms with Crippen molar-refractivity contribution < 1.29 is 28.3 Å². The van der Waals surface area contributed by atoms with Gasteiger partial charge in [-0.3, -0.25) is 24.2 Å². The Kier molecular flexibility index (Phi) is 9.01. The molecule has 1 aliphatic heterocycles. The number of nitrogens with one attached hydrogen (secondary N) is 2. The molecule has 3 amide bonds. The number of alkyl halides is 1. The van der Waals surface area contributed by atoms with Gasteiger partial charge in [-0.05, 0) is 54.8 Å². The van der Waals surface area contributed by atoms with Gasteiger partial charge >= 0.3 is 5.97 Å². The number of benzene rings is 2. The van der Waals surface area contributed by atoms with Crippen molar-refractivity contribution in [2.24, 2.45) is 5.92 Å². The average molecular weight is 595 g/mol. The normalized spacial score (nSPS) is 22.0. The van der Waals surface area contributed by atoms with Gasteiger partial charge in [-0.1, -0.05) is 41.9 Å². The summed E-state index contributed by atoms with van der Waals surface area (Å²) in [5.41, 5.74) is 1.18. The minimum absolute atomic E-state index is 0.0665. The van der Waals surface area contributed by atoms with E-state index in [1.54, 1.807) is 24.4 Å². The second-order valence-electron chi connectivity index (χ2n) is 10.8. The van der Waals surface area contributed by atoms with Crippen LogP contribution >= 0.6 is 11.6 Å². The van der Waals surface area contributed by atoms with Crippen molar-refractivity contribution in [3.8, 4) is 0 Å². The Bertz CT molecular complexity index is 1500. The number of aromatic nitrogens is 1. The van der Waals surface area contributed by atoms with E-state index in [0.717, 1.165) is 5.39 Å². The lowest BCUT2D eigenvalue weighted by atomic mass is 9.86. The fourth-order valence-electron chi connectivity index (χ4n) is 5.77. The van der Waals surface area contributed by atoms with Crippen LogP contribution < -0.4 is 10.6 Å². The van der Waals surface area contributed by atoms with Gasteiger partial charge in [0.25, 0.3) is 5.91 Å². The summed E-state index contributed by atoms with van der Waals surface area (Å²) < 4.78 is 19.2. The third-order valence-electron chi connectivity index (χ3n) is 8.01. The van der Waals surface area contributed by atoms with Gasteiger partial charge in [0.15, 0.2) is 0 Å². The molecule has 2 aliphatic rings. The average Bonchev–Trinajstić information content (AvgIpc) is 3.40. The number of fused-ring (bicyclic) bond motifs is 1. The molecular weight excluding hydrogens is 563 g/mol. The van der Waals surface area contributed by atoms with Gasteiger partial charge in [0.2, 0.25) is 11.8 Å². The molecule has 5 rings (SSSR count). The zero-order chi connectivity index (χ0) is 29.8. The largest absolute Gasteiger partial charge is 0.469 e. The molecule has 1 aromatic heterocycles. The summed E-state index contributed by atoms with van der Waals surface area (Å²) in [5, 5.41) is 7.55. The molecule has 220 valence electrons. The molecule has 3 aromatic rings. The molecule has 2 fully saturated rings. The molecule has 2 aromatic carbocycles. The van der Waals surface area contributed by atoms with Crippen LogP contribution in [-0.4, -0.2) is 65.5 Å². The van der Waals surface area contributed by atoms with Crippen LogP contribution in [0.4, 0.5) is 10.1 Å². The highest BCUT2D eigenvalue weighted by molar-refractivity contribution is 6.34. The highest BCUT2D eigenvalue weighted by Gasteiger charge is 2.40. The number of amides is 3. The third kappa shape index (κ3) is 6.54. The Morgan fingerprint density at radius 1 is 1.07 bits per heavy atom. The Balaban J connectivity index is 1.20. The maximum atomic E-state index is 14.4. The standard InChI is InChI=1S/C31H32ClFN4O5/c1-42-31(41)20-7-9-22(10-8-20)35-29(39)26-16-21(33)17-37(26)27(38)15-18-6-11-25(24(32)14-18)36-30(40)28-23-5-3-2-4-19(23)12-13-34-28/h2-6,11-14,20-22,26H,7-10,15-17H2,1H3,(H,35,39)(H,36,40)/t20-,21-,22-,26-/m0/s1. The third-order valence-corrected chi connectivity index (χ3v) is 8.32. The van der Waals surface area contributed by atoms with Gasteiger partial charge in [0.1, 0.15) is 17.9 Å². The molecule has 0 bridgehead atoms. The van der Waals surface area contributed by atoms with Crippen molar-refractivity contribution >= 4 is 51.8 Å².